The molecule has 0 radical (unpaired) electrons. The van der Waals surface area contributed by atoms with Gasteiger partial charge in [0.1, 0.15) is 5.75 Å². The van der Waals surface area contributed by atoms with Crippen molar-refractivity contribution in [1.29, 1.82) is 0 Å². The topological polar surface area (TPSA) is 42.4 Å². The van der Waals surface area contributed by atoms with E-state index in [9.17, 15) is 5.11 Å². The van der Waals surface area contributed by atoms with Crippen molar-refractivity contribution in [2.75, 3.05) is 0 Å². The minimum atomic E-state index is -0.517. The van der Waals surface area contributed by atoms with Gasteiger partial charge in [-0.1, -0.05) is 6.07 Å². The normalized spacial score (nSPS) is 12.2. The zero-order valence-corrected chi connectivity index (χ0v) is 11.5. The molecule has 2 rings (SSSR count). The average molecular weight is 341 g/mol. The Balaban J connectivity index is 2.21. The number of aliphatic hydroxyl groups is 1. The highest BCUT2D eigenvalue weighted by atomic mass is 127. The fourth-order valence-electron chi connectivity index (χ4n) is 1.39. The van der Waals surface area contributed by atoms with Gasteiger partial charge < -0.3 is 9.84 Å². The molecule has 0 aliphatic heterocycles. The molecule has 1 N–H and O–H groups in total. The van der Waals surface area contributed by atoms with Gasteiger partial charge in [0.25, 0.3) is 0 Å². The maximum absolute atomic E-state index is 9.47. The van der Waals surface area contributed by atoms with Crippen LogP contribution in [0, 0.1) is 3.57 Å². The molecule has 0 aliphatic rings. The third kappa shape index (κ3) is 3.41. The lowest BCUT2D eigenvalue weighted by molar-refractivity contribution is 0.198. The number of hydrogen-bond donors (Lipinski definition) is 1. The van der Waals surface area contributed by atoms with Gasteiger partial charge >= 0.3 is 0 Å². The predicted octanol–water partition coefficient (Wildman–Crippen LogP) is 3.53. The third-order valence-corrected chi connectivity index (χ3v) is 2.93. The molecule has 0 unspecified atom stereocenters. The van der Waals surface area contributed by atoms with Crippen LogP contribution in [0.25, 0.3) is 0 Å². The lowest BCUT2D eigenvalue weighted by atomic mass is 10.2. The van der Waals surface area contributed by atoms with Crippen LogP contribution in [0.15, 0.2) is 42.6 Å². The molecule has 88 valence electrons. The van der Waals surface area contributed by atoms with Crippen LogP contribution in [0.1, 0.15) is 18.6 Å². The third-order valence-electron chi connectivity index (χ3n) is 2.26. The Hall–Kier alpha value is -1.14. The van der Waals surface area contributed by atoms with Crippen LogP contribution in [0.4, 0.5) is 0 Å². The summed E-state index contributed by atoms with van der Waals surface area (Å²) < 4.78 is 6.73. The molecule has 1 aromatic carbocycles. The van der Waals surface area contributed by atoms with Gasteiger partial charge in [0, 0.05) is 15.8 Å². The molecule has 0 saturated heterocycles. The molecule has 0 spiro atoms. The molecule has 4 heteroatoms. The monoisotopic (exact) mass is 341 g/mol. The number of benzene rings is 1. The van der Waals surface area contributed by atoms with Crippen molar-refractivity contribution < 1.29 is 9.84 Å². The number of aliphatic hydroxyl groups excluding tert-OH is 1. The molecule has 1 aromatic heterocycles. The minimum absolute atomic E-state index is 0.491. The maximum atomic E-state index is 9.47. The highest BCUT2D eigenvalue weighted by molar-refractivity contribution is 14.1. The molecule has 2 aromatic rings. The zero-order chi connectivity index (χ0) is 12.3. The van der Waals surface area contributed by atoms with Crippen LogP contribution in [-0.2, 0) is 0 Å². The molecular weight excluding hydrogens is 329 g/mol. The van der Waals surface area contributed by atoms with E-state index in [4.69, 9.17) is 4.74 Å². The minimum Gasteiger partial charge on any atom is -0.439 e. The van der Waals surface area contributed by atoms with E-state index in [-0.39, 0.29) is 0 Å². The number of halogens is 1. The van der Waals surface area contributed by atoms with Crippen LogP contribution >= 0.6 is 22.6 Å². The van der Waals surface area contributed by atoms with Crippen molar-refractivity contribution >= 4 is 22.6 Å². The van der Waals surface area contributed by atoms with E-state index in [1.807, 2.05) is 24.3 Å². The Morgan fingerprint density at radius 2 is 2.12 bits per heavy atom. The molecule has 17 heavy (non-hydrogen) atoms. The van der Waals surface area contributed by atoms with Crippen LogP contribution in [0.3, 0.4) is 0 Å². The average Bonchev–Trinajstić information content (AvgIpc) is 2.29. The van der Waals surface area contributed by atoms with Gasteiger partial charge in [0.05, 0.1) is 6.10 Å². The van der Waals surface area contributed by atoms with Crippen LogP contribution in [0.2, 0.25) is 0 Å². The summed E-state index contributed by atoms with van der Waals surface area (Å²) in [5.74, 6) is 1.23. The fraction of sp³-hybridized carbons (Fsp3) is 0.154. The summed E-state index contributed by atoms with van der Waals surface area (Å²) in [5, 5.41) is 9.47. The van der Waals surface area contributed by atoms with Crippen molar-refractivity contribution in [2.45, 2.75) is 13.0 Å². The Kier molecular flexibility index (Phi) is 3.96. The van der Waals surface area contributed by atoms with E-state index in [1.165, 1.54) is 0 Å². The molecule has 3 nitrogen and oxygen atoms in total. The van der Waals surface area contributed by atoms with Crippen LogP contribution in [-0.4, -0.2) is 10.1 Å². The standard InChI is InChI=1S/C13H12INO2/c1-9(16)10-5-6-15-13(7-10)17-12-4-2-3-11(14)8-12/h2-9,16H,1H3/t9-/m0/s1. The quantitative estimate of drug-likeness (QED) is 0.869. The summed E-state index contributed by atoms with van der Waals surface area (Å²) in [7, 11) is 0. The van der Waals surface area contributed by atoms with Crippen molar-refractivity contribution in [3.8, 4) is 11.6 Å². The van der Waals surface area contributed by atoms with E-state index in [2.05, 4.69) is 27.6 Å². The first-order valence-corrected chi connectivity index (χ1v) is 6.30. The molecule has 0 fully saturated rings. The number of nitrogens with zero attached hydrogens (tertiary/aromatic N) is 1. The predicted molar refractivity (Wildman–Crippen MR) is 74.1 cm³/mol. The maximum Gasteiger partial charge on any atom is 0.219 e. The van der Waals surface area contributed by atoms with Gasteiger partial charge in [-0.3, -0.25) is 0 Å². The second kappa shape index (κ2) is 5.46. The first kappa shape index (κ1) is 12.3. The van der Waals surface area contributed by atoms with Crippen molar-refractivity contribution in [2.24, 2.45) is 0 Å². The van der Waals surface area contributed by atoms with Crippen molar-refractivity contribution in [3.63, 3.8) is 0 Å². The van der Waals surface area contributed by atoms with Gasteiger partial charge in [-0.25, -0.2) is 4.98 Å². The van der Waals surface area contributed by atoms with Gasteiger partial charge in [0.2, 0.25) is 5.88 Å². The summed E-state index contributed by atoms with van der Waals surface area (Å²) in [6.45, 7) is 1.71. The summed E-state index contributed by atoms with van der Waals surface area (Å²) in [6.07, 6.45) is 1.11. The number of pyridine rings is 1. The van der Waals surface area contributed by atoms with E-state index in [0.717, 1.165) is 14.9 Å². The molecule has 0 amide bonds. The van der Waals surface area contributed by atoms with E-state index in [0.29, 0.717) is 5.88 Å². The lowest BCUT2D eigenvalue weighted by Crippen LogP contribution is -1.94. The fourth-order valence-corrected chi connectivity index (χ4v) is 1.91. The molecule has 0 bridgehead atoms. The molecule has 0 saturated carbocycles. The number of rotatable bonds is 3. The first-order valence-electron chi connectivity index (χ1n) is 5.22. The Morgan fingerprint density at radius 1 is 1.29 bits per heavy atom. The number of aromatic nitrogens is 1. The van der Waals surface area contributed by atoms with Gasteiger partial charge in [0.15, 0.2) is 0 Å². The van der Waals surface area contributed by atoms with Crippen LogP contribution in [0.5, 0.6) is 11.6 Å². The largest absolute Gasteiger partial charge is 0.439 e. The summed E-state index contributed by atoms with van der Waals surface area (Å²) in [4.78, 5) is 4.11. The van der Waals surface area contributed by atoms with E-state index >= 15 is 0 Å². The Bertz CT molecular complexity index is 514. The lowest BCUT2D eigenvalue weighted by Gasteiger charge is -2.08. The van der Waals surface area contributed by atoms with Crippen LogP contribution < -0.4 is 4.74 Å². The highest BCUT2D eigenvalue weighted by Crippen LogP contribution is 2.23. The smallest absolute Gasteiger partial charge is 0.219 e. The Labute approximate surface area is 114 Å². The number of hydrogen-bond acceptors (Lipinski definition) is 3. The van der Waals surface area contributed by atoms with E-state index in [1.54, 1.807) is 25.3 Å². The SMILES string of the molecule is C[C@H](O)c1ccnc(Oc2cccc(I)c2)c1. The second-order valence-corrected chi connectivity index (χ2v) is 4.91. The van der Waals surface area contributed by atoms with Gasteiger partial charge in [-0.2, -0.15) is 0 Å². The van der Waals surface area contributed by atoms with Gasteiger partial charge in [-0.15, -0.1) is 0 Å². The van der Waals surface area contributed by atoms with E-state index < -0.39 is 6.10 Å². The molecule has 1 atom stereocenters. The summed E-state index contributed by atoms with van der Waals surface area (Å²) in [5.41, 5.74) is 0.792. The first-order chi connectivity index (χ1) is 8.15. The Morgan fingerprint density at radius 3 is 2.82 bits per heavy atom. The summed E-state index contributed by atoms with van der Waals surface area (Å²) >= 11 is 2.23. The molecule has 1 heterocycles. The summed E-state index contributed by atoms with van der Waals surface area (Å²) in [6, 6.07) is 11.2. The highest BCUT2D eigenvalue weighted by Gasteiger charge is 2.04. The molecular formula is C13H12INO2. The van der Waals surface area contributed by atoms with Crippen molar-refractivity contribution in [1.82, 2.24) is 4.98 Å². The zero-order valence-electron chi connectivity index (χ0n) is 9.30. The molecule has 0 aliphatic carbocycles. The number of ether oxygens (including phenoxy) is 1. The van der Waals surface area contributed by atoms with Crippen molar-refractivity contribution in [3.05, 3.63) is 51.7 Å². The van der Waals surface area contributed by atoms with Gasteiger partial charge in [-0.05, 0) is 59.3 Å². The second-order valence-electron chi connectivity index (χ2n) is 3.66.